The van der Waals surface area contributed by atoms with Crippen molar-refractivity contribution in [3.05, 3.63) is 34.9 Å². The summed E-state index contributed by atoms with van der Waals surface area (Å²) in [4.78, 5) is 10.5. The first-order chi connectivity index (χ1) is 11.7. The smallest absolute Gasteiger partial charge is 0.416 e. The summed E-state index contributed by atoms with van der Waals surface area (Å²) in [6, 6.07) is 2.27. The topological polar surface area (TPSA) is 46.5 Å². The van der Waals surface area contributed by atoms with Crippen LogP contribution in [0.15, 0.2) is 18.2 Å². The van der Waals surface area contributed by atoms with Gasteiger partial charge in [-0.05, 0) is 43.0 Å². The standard InChI is InChI=1S/C15H15F5O3.CH3F/c16-14(17)9-5-8(6-10(7-9)15(18,19)20)12-3-1-11(23-12)2-4-13(21)22;1-2/h5-7,11-12,14H,1-4H2,(H,21,22);1H3. The molecular weight excluding hydrogens is 354 g/mol. The Hall–Kier alpha value is -1.77. The highest BCUT2D eigenvalue weighted by molar-refractivity contribution is 5.66. The van der Waals surface area contributed by atoms with Gasteiger partial charge in [-0.3, -0.25) is 9.18 Å². The zero-order valence-electron chi connectivity index (χ0n) is 13.3. The van der Waals surface area contributed by atoms with Crippen molar-refractivity contribution in [2.45, 2.75) is 50.5 Å². The average Bonchev–Trinajstić information content (AvgIpc) is 3.02. The maximum absolute atomic E-state index is 12.8. The Morgan fingerprint density at radius 1 is 1.24 bits per heavy atom. The minimum Gasteiger partial charge on any atom is -0.481 e. The van der Waals surface area contributed by atoms with Gasteiger partial charge in [-0.25, -0.2) is 8.78 Å². The molecule has 0 saturated carbocycles. The lowest BCUT2D eigenvalue weighted by molar-refractivity contribution is -0.139. The van der Waals surface area contributed by atoms with Crippen LogP contribution in [0.2, 0.25) is 0 Å². The van der Waals surface area contributed by atoms with Gasteiger partial charge in [0, 0.05) is 12.0 Å². The predicted octanol–water partition coefficient (Wildman–Crippen LogP) is 5.31. The molecule has 1 aliphatic rings. The molecule has 0 bridgehead atoms. The van der Waals surface area contributed by atoms with E-state index in [1.807, 2.05) is 0 Å². The van der Waals surface area contributed by atoms with Crippen LogP contribution in [0.5, 0.6) is 0 Å². The van der Waals surface area contributed by atoms with Crippen LogP contribution in [0.3, 0.4) is 0 Å². The molecule has 3 nitrogen and oxygen atoms in total. The minimum absolute atomic E-state index is 0.0490. The maximum atomic E-state index is 12.8. The van der Waals surface area contributed by atoms with Crippen molar-refractivity contribution in [1.82, 2.24) is 0 Å². The summed E-state index contributed by atoms with van der Waals surface area (Å²) in [6.07, 6.45) is -7.86. The third-order valence-corrected chi connectivity index (χ3v) is 3.72. The molecule has 1 aliphatic heterocycles. The second-order valence-electron chi connectivity index (χ2n) is 5.44. The number of carboxylic acids is 1. The molecule has 1 saturated heterocycles. The molecule has 0 spiro atoms. The van der Waals surface area contributed by atoms with Gasteiger partial charge in [0.05, 0.1) is 24.9 Å². The summed E-state index contributed by atoms with van der Waals surface area (Å²) in [5.41, 5.74) is -1.79. The molecule has 0 aliphatic carbocycles. The highest BCUT2D eigenvalue weighted by Crippen LogP contribution is 2.39. The van der Waals surface area contributed by atoms with Crippen molar-refractivity contribution in [2.75, 3.05) is 7.18 Å². The van der Waals surface area contributed by atoms with Gasteiger partial charge in [0.1, 0.15) is 0 Å². The fourth-order valence-electron chi connectivity index (χ4n) is 2.60. The lowest BCUT2D eigenvalue weighted by atomic mass is 9.99. The number of carboxylic acid groups (broad SMARTS) is 1. The van der Waals surface area contributed by atoms with Crippen LogP contribution in [0.1, 0.15) is 54.9 Å². The minimum atomic E-state index is -4.72. The molecule has 25 heavy (non-hydrogen) atoms. The Morgan fingerprint density at radius 3 is 2.40 bits per heavy atom. The van der Waals surface area contributed by atoms with Crippen molar-refractivity contribution in [3.63, 3.8) is 0 Å². The molecule has 1 N–H and O–H groups in total. The Balaban J connectivity index is 0.00000151. The van der Waals surface area contributed by atoms with Crippen molar-refractivity contribution >= 4 is 5.97 Å². The van der Waals surface area contributed by atoms with E-state index in [2.05, 4.69) is 0 Å². The highest BCUT2D eigenvalue weighted by atomic mass is 19.4. The van der Waals surface area contributed by atoms with E-state index in [4.69, 9.17) is 9.84 Å². The number of carbonyl (C=O) groups is 1. The van der Waals surface area contributed by atoms with E-state index in [-0.39, 0.29) is 24.5 Å². The second kappa shape index (κ2) is 9.07. The van der Waals surface area contributed by atoms with Gasteiger partial charge in [-0.1, -0.05) is 0 Å². The molecule has 1 aromatic rings. The average molecular weight is 372 g/mol. The summed E-state index contributed by atoms with van der Waals surface area (Å²) in [6.45, 7) is 0. The first-order valence-electron chi connectivity index (χ1n) is 7.42. The van der Waals surface area contributed by atoms with Gasteiger partial charge in [-0.2, -0.15) is 13.2 Å². The van der Waals surface area contributed by atoms with E-state index >= 15 is 0 Å². The molecule has 142 valence electrons. The molecule has 1 heterocycles. The SMILES string of the molecule is CF.O=C(O)CCC1CCC(c2cc(C(F)F)cc(C(F)(F)F)c2)O1. The van der Waals surface area contributed by atoms with Crippen LogP contribution in [0, 0.1) is 0 Å². The highest BCUT2D eigenvalue weighted by Gasteiger charge is 2.34. The molecule has 1 aromatic carbocycles. The monoisotopic (exact) mass is 372 g/mol. The van der Waals surface area contributed by atoms with Crippen LogP contribution in [0.25, 0.3) is 0 Å². The largest absolute Gasteiger partial charge is 0.481 e. The molecule has 2 rings (SSSR count). The number of ether oxygens (including phenoxy) is 1. The first-order valence-corrected chi connectivity index (χ1v) is 7.42. The first kappa shape index (κ1) is 21.3. The van der Waals surface area contributed by atoms with E-state index in [1.165, 1.54) is 0 Å². The number of benzene rings is 1. The van der Waals surface area contributed by atoms with Crippen molar-refractivity contribution in [3.8, 4) is 0 Å². The summed E-state index contributed by atoms with van der Waals surface area (Å²) < 4.78 is 79.2. The molecule has 2 atom stereocenters. The Labute approximate surface area is 140 Å². The third kappa shape index (κ3) is 6.22. The molecule has 1 fully saturated rings. The normalized spacial score (nSPS) is 20.3. The van der Waals surface area contributed by atoms with Gasteiger partial charge >= 0.3 is 12.1 Å². The third-order valence-electron chi connectivity index (χ3n) is 3.72. The number of halogens is 6. The van der Waals surface area contributed by atoms with Crippen LogP contribution in [0.4, 0.5) is 26.3 Å². The zero-order valence-corrected chi connectivity index (χ0v) is 13.3. The van der Waals surface area contributed by atoms with Gasteiger partial charge in [0.15, 0.2) is 0 Å². The van der Waals surface area contributed by atoms with Crippen molar-refractivity contribution in [2.24, 2.45) is 0 Å². The van der Waals surface area contributed by atoms with Crippen LogP contribution >= 0.6 is 0 Å². The lowest BCUT2D eigenvalue weighted by Crippen LogP contribution is -2.11. The van der Waals surface area contributed by atoms with Crippen LogP contribution in [-0.2, 0) is 15.7 Å². The van der Waals surface area contributed by atoms with E-state index in [9.17, 15) is 31.1 Å². The summed E-state index contributed by atoms with van der Waals surface area (Å²) in [7, 11) is 0.500. The molecule has 2 unspecified atom stereocenters. The Bertz CT molecular complexity index is 573. The van der Waals surface area contributed by atoms with Gasteiger partial charge < -0.3 is 9.84 Å². The van der Waals surface area contributed by atoms with Crippen LogP contribution in [-0.4, -0.2) is 24.4 Å². The molecule has 0 amide bonds. The number of hydrogen-bond donors (Lipinski definition) is 1. The summed E-state index contributed by atoms with van der Waals surface area (Å²) in [5.74, 6) is -0.990. The lowest BCUT2D eigenvalue weighted by Gasteiger charge is -2.17. The molecule has 9 heteroatoms. The van der Waals surface area contributed by atoms with Gasteiger partial charge in [0.25, 0.3) is 6.43 Å². The fraction of sp³-hybridized carbons (Fsp3) is 0.562. The summed E-state index contributed by atoms with van der Waals surface area (Å²) in [5, 5.41) is 8.62. The second-order valence-corrected chi connectivity index (χ2v) is 5.44. The number of hydrogen-bond acceptors (Lipinski definition) is 2. The van der Waals surface area contributed by atoms with E-state index in [1.54, 1.807) is 0 Å². The van der Waals surface area contributed by atoms with Crippen molar-refractivity contribution < 1.29 is 41.0 Å². The number of alkyl halides is 6. The van der Waals surface area contributed by atoms with Crippen molar-refractivity contribution in [1.29, 1.82) is 0 Å². The van der Waals surface area contributed by atoms with E-state index in [0.717, 1.165) is 12.1 Å². The summed E-state index contributed by atoms with van der Waals surface area (Å²) >= 11 is 0. The Kier molecular flexibility index (Phi) is 7.72. The number of aliphatic carboxylic acids is 1. The maximum Gasteiger partial charge on any atom is 0.416 e. The zero-order chi connectivity index (χ0) is 19.2. The van der Waals surface area contributed by atoms with Gasteiger partial charge in [0.2, 0.25) is 0 Å². The van der Waals surface area contributed by atoms with E-state index < -0.39 is 35.8 Å². The molecule has 0 aromatic heterocycles. The van der Waals surface area contributed by atoms with E-state index in [0.29, 0.717) is 26.1 Å². The van der Waals surface area contributed by atoms with Gasteiger partial charge in [-0.15, -0.1) is 0 Å². The Morgan fingerprint density at radius 2 is 1.88 bits per heavy atom. The number of rotatable bonds is 5. The predicted molar refractivity (Wildman–Crippen MR) is 77.2 cm³/mol. The van der Waals surface area contributed by atoms with Crippen LogP contribution < -0.4 is 0 Å². The molecule has 0 radical (unpaired) electrons. The fourth-order valence-corrected chi connectivity index (χ4v) is 2.60. The quantitative estimate of drug-likeness (QED) is 0.712. The molecular formula is C16H18F6O3.